The Labute approximate surface area is 92.3 Å². The quantitative estimate of drug-likeness (QED) is 0.628. The maximum Gasteiger partial charge on any atom is 0.0585 e. The van der Waals surface area contributed by atoms with Gasteiger partial charge in [0, 0.05) is 0 Å². The van der Waals surface area contributed by atoms with E-state index in [2.05, 4.69) is 39.0 Å². The fourth-order valence-corrected chi connectivity index (χ4v) is 1.80. The van der Waals surface area contributed by atoms with Crippen molar-refractivity contribution in [2.24, 2.45) is 0 Å². The Morgan fingerprint density at radius 3 is 2.50 bits per heavy atom. The highest BCUT2D eigenvalue weighted by atomic mass is 35.5. The zero-order valence-electron chi connectivity index (χ0n) is 9.31. The molecule has 0 heterocycles. The number of hydrogen-bond acceptors (Lipinski definition) is 0. The number of aryl methyl sites for hydroxylation is 2. The summed E-state index contributed by atoms with van der Waals surface area (Å²) in [6.45, 7) is 6.47. The zero-order chi connectivity index (χ0) is 10.6. The van der Waals surface area contributed by atoms with Gasteiger partial charge < -0.3 is 0 Å². The van der Waals surface area contributed by atoms with Crippen LogP contribution in [0.3, 0.4) is 0 Å². The lowest BCUT2D eigenvalue weighted by Gasteiger charge is -2.11. The Kier molecular flexibility index (Phi) is 4.47. The minimum atomic E-state index is 0.189. The van der Waals surface area contributed by atoms with E-state index in [4.69, 9.17) is 11.6 Å². The van der Waals surface area contributed by atoms with E-state index in [0.717, 1.165) is 6.42 Å². The van der Waals surface area contributed by atoms with Crippen LogP contribution in [0, 0.1) is 13.8 Å². The van der Waals surface area contributed by atoms with Gasteiger partial charge in [0.15, 0.2) is 0 Å². The SMILES string of the molecule is CCCCC(Cl)c1ccc(C)c(C)c1. The third kappa shape index (κ3) is 3.02. The first-order valence-corrected chi connectivity index (χ1v) is 5.80. The largest absolute Gasteiger partial charge is 0.118 e. The molecule has 0 bridgehead atoms. The van der Waals surface area contributed by atoms with Crippen LogP contribution in [0.5, 0.6) is 0 Å². The van der Waals surface area contributed by atoms with Gasteiger partial charge in [-0.2, -0.15) is 0 Å². The smallest absolute Gasteiger partial charge is 0.0585 e. The summed E-state index contributed by atoms with van der Waals surface area (Å²) in [5.74, 6) is 0. The van der Waals surface area contributed by atoms with Crippen molar-refractivity contribution in [1.29, 1.82) is 0 Å². The molecule has 0 aliphatic rings. The average molecular weight is 211 g/mol. The second-order valence-corrected chi connectivity index (χ2v) is 4.48. The highest BCUT2D eigenvalue weighted by molar-refractivity contribution is 6.20. The average Bonchev–Trinajstić information content (AvgIpc) is 2.18. The van der Waals surface area contributed by atoms with Crippen LogP contribution in [0.1, 0.15) is 48.3 Å². The first-order chi connectivity index (χ1) is 6.65. The lowest BCUT2D eigenvalue weighted by molar-refractivity contribution is 0.700. The van der Waals surface area contributed by atoms with E-state index >= 15 is 0 Å². The molecule has 1 unspecified atom stereocenters. The third-order valence-corrected chi connectivity index (χ3v) is 3.17. The van der Waals surface area contributed by atoms with Crippen LogP contribution in [0.2, 0.25) is 0 Å². The van der Waals surface area contributed by atoms with Crippen molar-refractivity contribution in [2.45, 2.75) is 45.4 Å². The van der Waals surface area contributed by atoms with Crippen LogP contribution in [0.15, 0.2) is 18.2 Å². The van der Waals surface area contributed by atoms with Gasteiger partial charge in [0.2, 0.25) is 0 Å². The van der Waals surface area contributed by atoms with E-state index in [1.807, 2.05) is 0 Å². The van der Waals surface area contributed by atoms with Gasteiger partial charge in [-0.25, -0.2) is 0 Å². The second kappa shape index (κ2) is 5.41. The standard InChI is InChI=1S/C13H19Cl/c1-4-5-6-13(14)12-8-7-10(2)11(3)9-12/h7-9,13H,4-6H2,1-3H3. The summed E-state index contributed by atoms with van der Waals surface area (Å²) in [5.41, 5.74) is 3.95. The zero-order valence-corrected chi connectivity index (χ0v) is 10.1. The predicted molar refractivity (Wildman–Crippen MR) is 64.0 cm³/mol. The molecule has 0 aromatic heterocycles. The van der Waals surface area contributed by atoms with Crippen molar-refractivity contribution in [1.82, 2.24) is 0 Å². The summed E-state index contributed by atoms with van der Waals surface area (Å²) >= 11 is 6.31. The van der Waals surface area contributed by atoms with E-state index in [0.29, 0.717) is 0 Å². The van der Waals surface area contributed by atoms with Crippen molar-refractivity contribution in [3.63, 3.8) is 0 Å². The molecule has 0 aliphatic heterocycles. The summed E-state index contributed by atoms with van der Waals surface area (Å²) in [6.07, 6.45) is 3.51. The first-order valence-electron chi connectivity index (χ1n) is 5.36. The van der Waals surface area contributed by atoms with E-state index in [1.165, 1.54) is 29.5 Å². The molecule has 1 aromatic rings. The van der Waals surface area contributed by atoms with Crippen molar-refractivity contribution in [3.05, 3.63) is 34.9 Å². The fourth-order valence-electron chi connectivity index (χ4n) is 1.51. The summed E-state index contributed by atoms with van der Waals surface area (Å²) < 4.78 is 0. The minimum absolute atomic E-state index is 0.189. The van der Waals surface area contributed by atoms with Gasteiger partial charge in [-0.1, -0.05) is 38.0 Å². The molecule has 0 nitrogen and oxygen atoms in total. The first kappa shape index (κ1) is 11.6. The molecule has 78 valence electrons. The van der Waals surface area contributed by atoms with Crippen molar-refractivity contribution in [2.75, 3.05) is 0 Å². The third-order valence-electron chi connectivity index (χ3n) is 2.70. The molecule has 1 atom stereocenters. The number of halogens is 1. The summed E-state index contributed by atoms with van der Waals surface area (Å²) in [4.78, 5) is 0. The molecule has 0 saturated heterocycles. The van der Waals surface area contributed by atoms with Crippen LogP contribution >= 0.6 is 11.6 Å². The van der Waals surface area contributed by atoms with Gasteiger partial charge in [0.25, 0.3) is 0 Å². The second-order valence-electron chi connectivity index (χ2n) is 3.95. The van der Waals surface area contributed by atoms with Crippen LogP contribution < -0.4 is 0 Å². The lowest BCUT2D eigenvalue weighted by atomic mass is 10.0. The molecular weight excluding hydrogens is 192 g/mol. The summed E-state index contributed by atoms with van der Waals surface area (Å²) in [6, 6.07) is 6.52. The minimum Gasteiger partial charge on any atom is -0.118 e. The highest BCUT2D eigenvalue weighted by Crippen LogP contribution is 2.27. The van der Waals surface area contributed by atoms with Gasteiger partial charge in [0.1, 0.15) is 0 Å². The topological polar surface area (TPSA) is 0 Å². The monoisotopic (exact) mass is 210 g/mol. The number of unbranched alkanes of at least 4 members (excludes halogenated alkanes) is 1. The van der Waals surface area contributed by atoms with E-state index in [1.54, 1.807) is 0 Å². The molecule has 0 saturated carbocycles. The van der Waals surface area contributed by atoms with Crippen molar-refractivity contribution >= 4 is 11.6 Å². The summed E-state index contributed by atoms with van der Waals surface area (Å²) in [7, 11) is 0. The molecule has 0 spiro atoms. The Morgan fingerprint density at radius 2 is 1.93 bits per heavy atom. The fraction of sp³-hybridized carbons (Fsp3) is 0.538. The van der Waals surface area contributed by atoms with E-state index < -0.39 is 0 Å². The molecule has 14 heavy (non-hydrogen) atoms. The van der Waals surface area contributed by atoms with Crippen LogP contribution in [0.25, 0.3) is 0 Å². The van der Waals surface area contributed by atoms with Gasteiger partial charge in [-0.3, -0.25) is 0 Å². The van der Waals surface area contributed by atoms with E-state index in [-0.39, 0.29) is 5.38 Å². The highest BCUT2D eigenvalue weighted by Gasteiger charge is 2.07. The molecular formula is C13H19Cl. The maximum atomic E-state index is 6.31. The lowest BCUT2D eigenvalue weighted by Crippen LogP contribution is -1.92. The molecule has 0 N–H and O–H groups in total. The Bertz CT molecular complexity index is 291. The molecule has 1 heteroatoms. The van der Waals surface area contributed by atoms with Crippen molar-refractivity contribution < 1.29 is 0 Å². The van der Waals surface area contributed by atoms with Crippen molar-refractivity contribution in [3.8, 4) is 0 Å². The van der Waals surface area contributed by atoms with Crippen LogP contribution in [-0.2, 0) is 0 Å². The maximum absolute atomic E-state index is 6.31. The van der Waals surface area contributed by atoms with Crippen LogP contribution in [0.4, 0.5) is 0 Å². The van der Waals surface area contributed by atoms with E-state index in [9.17, 15) is 0 Å². The molecule has 1 aromatic carbocycles. The Morgan fingerprint density at radius 1 is 1.21 bits per heavy atom. The molecule has 0 amide bonds. The molecule has 0 fully saturated rings. The number of benzene rings is 1. The van der Waals surface area contributed by atoms with Gasteiger partial charge >= 0.3 is 0 Å². The number of hydrogen-bond donors (Lipinski definition) is 0. The Hall–Kier alpha value is -0.490. The molecule has 1 rings (SSSR count). The molecule has 0 aliphatic carbocycles. The summed E-state index contributed by atoms with van der Waals surface area (Å²) in [5, 5.41) is 0.189. The Balaban J connectivity index is 2.70. The predicted octanol–water partition coefficient (Wildman–Crippen LogP) is 4.77. The van der Waals surface area contributed by atoms with Crippen LogP contribution in [-0.4, -0.2) is 0 Å². The van der Waals surface area contributed by atoms with Gasteiger partial charge in [-0.05, 0) is 37.0 Å². The number of rotatable bonds is 4. The van der Waals surface area contributed by atoms with Gasteiger partial charge in [0.05, 0.1) is 5.38 Å². The van der Waals surface area contributed by atoms with Gasteiger partial charge in [-0.15, -0.1) is 11.6 Å². The number of alkyl halides is 1. The normalized spacial score (nSPS) is 12.9. The molecule has 0 radical (unpaired) electrons.